The van der Waals surface area contributed by atoms with E-state index in [2.05, 4.69) is 0 Å². The molecule has 1 amide bonds. The summed E-state index contributed by atoms with van der Waals surface area (Å²) in [5, 5.41) is 0. The van der Waals surface area contributed by atoms with Crippen molar-refractivity contribution in [1.82, 2.24) is 4.90 Å². The molecule has 2 aromatic carbocycles. The van der Waals surface area contributed by atoms with E-state index in [1.54, 1.807) is 20.8 Å². The van der Waals surface area contributed by atoms with E-state index in [0.717, 1.165) is 16.9 Å². The van der Waals surface area contributed by atoms with Crippen LogP contribution in [0.2, 0.25) is 0 Å². The number of esters is 1. The second kappa shape index (κ2) is 9.61. The predicted molar refractivity (Wildman–Crippen MR) is 121 cm³/mol. The molecule has 0 saturated carbocycles. The second-order valence-electron chi connectivity index (χ2n) is 8.98. The fraction of sp³-hybridized carbons (Fsp3) is 0.440. The number of carbonyl (C=O) groups excluding carboxylic acids is 2. The Bertz CT molecular complexity index is 924. The van der Waals surface area contributed by atoms with Crippen molar-refractivity contribution in [3.63, 3.8) is 0 Å². The number of likely N-dealkylation sites (tertiary alicyclic amines) is 1. The first-order valence-corrected chi connectivity index (χ1v) is 10.8. The van der Waals surface area contributed by atoms with Crippen LogP contribution in [0.15, 0.2) is 54.6 Å². The van der Waals surface area contributed by atoms with Gasteiger partial charge in [-0.3, -0.25) is 4.90 Å². The van der Waals surface area contributed by atoms with Gasteiger partial charge in [0.05, 0.1) is 13.2 Å². The third kappa shape index (κ3) is 5.05. The minimum atomic E-state index is -1.26. The van der Waals surface area contributed by atoms with Crippen LogP contribution < -0.4 is 10.5 Å². The summed E-state index contributed by atoms with van der Waals surface area (Å²) in [4.78, 5) is 27.4. The van der Waals surface area contributed by atoms with Crippen LogP contribution in [0, 0.1) is 0 Å². The van der Waals surface area contributed by atoms with Crippen molar-refractivity contribution in [2.24, 2.45) is 5.73 Å². The number of benzene rings is 2. The Hall–Kier alpha value is -3.06. The molecule has 0 bridgehead atoms. The molecular formula is C25H32N2O5. The van der Waals surface area contributed by atoms with Crippen LogP contribution in [-0.2, 0) is 20.9 Å². The summed E-state index contributed by atoms with van der Waals surface area (Å²) in [5.41, 5.74) is 6.01. The first-order valence-electron chi connectivity index (χ1n) is 10.8. The molecule has 3 rings (SSSR count). The van der Waals surface area contributed by atoms with Crippen molar-refractivity contribution < 1.29 is 23.8 Å². The summed E-state index contributed by atoms with van der Waals surface area (Å²) in [6.07, 6.45) is 0.377. The molecule has 2 N–H and O–H groups in total. The first kappa shape index (κ1) is 23.6. The summed E-state index contributed by atoms with van der Waals surface area (Å²) >= 11 is 0. The first-order chi connectivity index (χ1) is 15.2. The number of carbonyl (C=O) groups is 2. The van der Waals surface area contributed by atoms with Crippen LogP contribution >= 0.6 is 0 Å². The van der Waals surface area contributed by atoms with E-state index >= 15 is 0 Å². The van der Waals surface area contributed by atoms with Gasteiger partial charge in [-0.15, -0.1) is 0 Å². The van der Waals surface area contributed by atoms with Crippen molar-refractivity contribution in [3.8, 4) is 5.75 Å². The van der Waals surface area contributed by atoms with Gasteiger partial charge in [-0.1, -0.05) is 42.5 Å². The van der Waals surface area contributed by atoms with Crippen molar-refractivity contribution >= 4 is 12.1 Å². The van der Waals surface area contributed by atoms with Crippen LogP contribution in [0.25, 0.3) is 0 Å². The maximum absolute atomic E-state index is 13.2. The molecule has 0 unspecified atom stereocenters. The van der Waals surface area contributed by atoms with Gasteiger partial charge in [-0.2, -0.15) is 0 Å². The molecule has 1 aliphatic heterocycles. The normalized spacial score (nSPS) is 20.7. The maximum atomic E-state index is 13.2. The summed E-state index contributed by atoms with van der Waals surface area (Å²) in [6.45, 7) is 5.78. The molecule has 0 aromatic heterocycles. The number of hydrogen-bond acceptors (Lipinski definition) is 6. The lowest BCUT2D eigenvalue weighted by molar-refractivity contribution is -0.153. The third-order valence-corrected chi connectivity index (χ3v) is 5.61. The Morgan fingerprint density at radius 1 is 1.09 bits per heavy atom. The predicted octanol–water partition coefficient (Wildman–Crippen LogP) is 4.21. The molecule has 2 atom stereocenters. The van der Waals surface area contributed by atoms with E-state index in [-0.39, 0.29) is 12.6 Å². The second-order valence-corrected chi connectivity index (χ2v) is 8.98. The van der Waals surface area contributed by atoms with Gasteiger partial charge >= 0.3 is 12.1 Å². The van der Waals surface area contributed by atoms with Gasteiger partial charge in [0.2, 0.25) is 0 Å². The SMILES string of the molecule is COC(=O)[C@@]1(CN)CC[C@@H](c2ccc(OCc3ccccc3)cc2)N1C(=O)OC(C)(C)C. The minimum Gasteiger partial charge on any atom is -0.489 e. The minimum absolute atomic E-state index is 0.0479. The molecule has 172 valence electrons. The average molecular weight is 441 g/mol. The topological polar surface area (TPSA) is 91.1 Å². The lowest BCUT2D eigenvalue weighted by Gasteiger charge is -2.38. The quantitative estimate of drug-likeness (QED) is 0.677. The van der Waals surface area contributed by atoms with Crippen LogP contribution in [0.3, 0.4) is 0 Å². The van der Waals surface area contributed by atoms with E-state index in [1.807, 2.05) is 54.6 Å². The zero-order valence-electron chi connectivity index (χ0n) is 19.2. The highest BCUT2D eigenvalue weighted by Gasteiger charge is 2.55. The van der Waals surface area contributed by atoms with E-state index < -0.39 is 23.2 Å². The highest BCUT2D eigenvalue weighted by atomic mass is 16.6. The largest absolute Gasteiger partial charge is 0.489 e. The lowest BCUT2D eigenvalue weighted by atomic mass is 9.96. The molecule has 0 aliphatic carbocycles. The average Bonchev–Trinajstić information content (AvgIpc) is 3.18. The summed E-state index contributed by atoms with van der Waals surface area (Å²) in [6, 6.07) is 17.1. The molecule has 1 saturated heterocycles. The smallest absolute Gasteiger partial charge is 0.411 e. The zero-order valence-corrected chi connectivity index (χ0v) is 19.2. The van der Waals surface area contributed by atoms with E-state index in [9.17, 15) is 9.59 Å². The highest BCUT2D eigenvalue weighted by Crippen LogP contribution is 2.44. The van der Waals surface area contributed by atoms with Crippen molar-refractivity contribution in [2.75, 3.05) is 13.7 Å². The van der Waals surface area contributed by atoms with Crippen LogP contribution in [0.5, 0.6) is 5.75 Å². The Morgan fingerprint density at radius 2 is 1.75 bits per heavy atom. The Balaban J connectivity index is 1.84. The molecule has 2 aromatic rings. The number of ether oxygens (including phenoxy) is 3. The molecule has 1 heterocycles. The molecule has 0 spiro atoms. The zero-order chi connectivity index (χ0) is 23.4. The number of rotatable bonds is 6. The molecule has 1 fully saturated rings. The van der Waals surface area contributed by atoms with Gasteiger partial charge in [0.25, 0.3) is 0 Å². The summed E-state index contributed by atoms with van der Waals surface area (Å²) < 4.78 is 16.5. The number of methoxy groups -OCH3 is 1. The Morgan fingerprint density at radius 3 is 2.31 bits per heavy atom. The van der Waals surface area contributed by atoms with Gasteiger partial charge in [0.15, 0.2) is 5.54 Å². The fourth-order valence-electron chi connectivity index (χ4n) is 4.05. The number of amides is 1. The van der Waals surface area contributed by atoms with E-state index in [4.69, 9.17) is 19.9 Å². The fourth-order valence-corrected chi connectivity index (χ4v) is 4.05. The molecular weight excluding hydrogens is 408 g/mol. The number of nitrogens with two attached hydrogens (primary N) is 1. The van der Waals surface area contributed by atoms with Crippen molar-refractivity contribution in [1.29, 1.82) is 0 Å². The summed E-state index contributed by atoms with van der Waals surface area (Å²) in [7, 11) is 1.30. The Labute approximate surface area is 189 Å². The molecule has 7 heteroatoms. The Kier molecular flexibility index (Phi) is 7.09. The monoisotopic (exact) mass is 440 g/mol. The lowest BCUT2D eigenvalue weighted by Crippen LogP contribution is -2.59. The van der Waals surface area contributed by atoms with E-state index in [1.165, 1.54) is 12.0 Å². The highest BCUT2D eigenvalue weighted by molar-refractivity contribution is 5.87. The van der Waals surface area contributed by atoms with Crippen molar-refractivity contribution in [2.45, 2.75) is 57.4 Å². The van der Waals surface area contributed by atoms with Gasteiger partial charge in [0, 0.05) is 6.54 Å². The van der Waals surface area contributed by atoms with Crippen LogP contribution in [0.1, 0.15) is 50.8 Å². The van der Waals surface area contributed by atoms with Crippen LogP contribution in [0.4, 0.5) is 4.79 Å². The standard InChI is InChI=1S/C25H32N2O5/c1-24(2,3)32-23(29)27-21(14-15-25(27,17-26)22(28)30-4)19-10-12-20(13-11-19)31-16-18-8-6-5-7-9-18/h5-13,21H,14-17,26H2,1-4H3/t21-,25-/m0/s1. The van der Waals surface area contributed by atoms with Gasteiger partial charge in [0.1, 0.15) is 18.0 Å². The molecule has 0 radical (unpaired) electrons. The molecule has 7 nitrogen and oxygen atoms in total. The van der Waals surface area contributed by atoms with Crippen LogP contribution in [-0.4, -0.2) is 41.8 Å². The van der Waals surface area contributed by atoms with E-state index in [0.29, 0.717) is 19.4 Å². The maximum Gasteiger partial charge on any atom is 0.411 e. The number of hydrogen-bond donors (Lipinski definition) is 1. The third-order valence-electron chi connectivity index (χ3n) is 5.61. The number of nitrogens with zero attached hydrogens (tertiary/aromatic N) is 1. The summed E-state index contributed by atoms with van der Waals surface area (Å²) in [5.74, 6) is 0.189. The van der Waals surface area contributed by atoms with Gasteiger partial charge < -0.3 is 19.9 Å². The van der Waals surface area contributed by atoms with Gasteiger partial charge in [-0.25, -0.2) is 9.59 Å². The van der Waals surface area contributed by atoms with Crippen molar-refractivity contribution in [3.05, 3.63) is 65.7 Å². The molecule has 32 heavy (non-hydrogen) atoms. The molecule has 1 aliphatic rings. The van der Waals surface area contributed by atoms with Gasteiger partial charge in [-0.05, 0) is 56.9 Å².